The summed E-state index contributed by atoms with van der Waals surface area (Å²) in [5.74, 6) is -1.01. The number of aliphatic hydroxyl groups excluding tert-OH is 3. The van der Waals surface area contributed by atoms with Crippen molar-refractivity contribution in [2.24, 2.45) is 58.3 Å². The number of benzene rings is 2. The number of primary amides is 2. The van der Waals surface area contributed by atoms with E-state index in [2.05, 4.69) is 49.7 Å². The van der Waals surface area contributed by atoms with Crippen LogP contribution in [-0.2, 0) is 28.5 Å². The molecular formula is C53H92N12O13. The molecule has 0 saturated heterocycles. The molecule has 0 aliphatic rings. The summed E-state index contributed by atoms with van der Waals surface area (Å²) in [7, 11) is 6.59. The maximum Gasteiger partial charge on any atom is 0.308 e. The molecule has 2 aromatic heterocycles. The van der Waals surface area contributed by atoms with Crippen molar-refractivity contribution >= 4 is 52.7 Å². The van der Waals surface area contributed by atoms with E-state index in [4.69, 9.17) is 73.1 Å². The topological polar surface area (TPSA) is 424 Å². The fourth-order valence-corrected chi connectivity index (χ4v) is 5.14. The Morgan fingerprint density at radius 2 is 1.03 bits per heavy atom. The summed E-state index contributed by atoms with van der Waals surface area (Å²) in [5, 5.41) is 50.2. The molecule has 442 valence electrons. The Kier molecular flexibility index (Phi) is 45.2. The number of aromatic nitrogens is 4. The Hall–Kier alpha value is -6.52. The smallest absolute Gasteiger partial charge is 0.308 e. The molecule has 0 fully saturated rings. The molecule has 0 aliphatic carbocycles. The van der Waals surface area contributed by atoms with Gasteiger partial charge in [-0.1, -0.05) is 52.0 Å². The molecule has 2 amide bonds. The van der Waals surface area contributed by atoms with Crippen LogP contribution in [0.2, 0.25) is 0 Å². The third kappa shape index (κ3) is 38.9. The lowest BCUT2D eigenvalue weighted by Crippen LogP contribution is -2.33. The molecule has 0 aliphatic heterocycles. The van der Waals surface area contributed by atoms with Gasteiger partial charge < -0.3 is 89.1 Å². The van der Waals surface area contributed by atoms with Gasteiger partial charge in [0.15, 0.2) is 0 Å². The van der Waals surface area contributed by atoms with Gasteiger partial charge in [0.1, 0.15) is 28.6 Å². The molecule has 0 spiro atoms. The molecule has 18 N–H and O–H groups in total. The van der Waals surface area contributed by atoms with Gasteiger partial charge >= 0.3 is 11.9 Å². The first-order valence-electron chi connectivity index (χ1n) is 25.0. The van der Waals surface area contributed by atoms with E-state index in [1.807, 2.05) is 69.3 Å². The number of ether oxygens (including phenoxy) is 4. The summed E-state index contributed by atoms with van der Waals surface area (Å²) in [6.07, 6.45) is 3.16. The summed E-state index contributed by atoms with van der Waals surface area (Å²) in [6, 6.07) is 15.3. The van der Waals surface area contributed by atoms with E-state index >= 15 is 0 Å². The summed E-state index contributed by atoms with van der Waals surface area (Å²) < 4.78 is 19.3. The second-order valence-corrected chi connectivity index (χ2v) is 18.0. The van der Waals surface area contributed by atoms with E-state index in [0.717, 1.165) is 35.7 Å². The lowest BCUT2D eigenvalue weighted by Gasteiger charge is -2.14. The average molecular weight is 1110 g/mol. The van der Waals surface area contributed by atoms with Gasteiger partial charge in [-0.3, -0.25) is 19.2 Å². The van der Waals surface area contributed by atoms with Crippen LogP contribution < -0.4 is 44.6 Å². The first kappa shape index (κ1) is 75.7. The van der Waals surface area contributed by atoms with Crippen LogP contribution in [0, 0.1) is 50.4 Å². The molecule has 78 heavy (non-hydrogen) atoms. The summed E-state index contributed by atoms with van der Waals surface area (Å²) >= 11 is 0. The largest absolute Gasteiger partial charge is 0.481 e. The lowest BCUT2D eigenvalue weighted by molar-refractivity contribution is -0.143. The number of carboxylic acids is 2. The van der Waals surface area contributed by atoms with Gasteiger partial charge in [0, 0.05) is 97.1 Å². The summed E-state index contributed by atoms with van der Waals surface area (Å²) in [6.45, 7) is 19.2. The number of aryl methyl sites for hydroxylation is 3. The van der Waals surface area contributed by atoms with E-state index < -0.39 is 35.6 Å². The van der Waals surface area contributed by atoms with Gasteiger partial charge in [-0.15, -0.1) is 0 Å². The number of carbonyl (C=O) groups is 4. The highest BCUT2D eigenvalue weighted by molar-refractivity contribution is 5.98. The fraction of sp³-hybridized carbons (Fsp3) is 0.547. The number of aliphatic hydroxyl groups is 3. The third-order valence-corrected chi connectivity index (χ3v) is 9.84. The van der Waals surface area contributed by atoms with Crippen LogP contribution in [0.4, 0.5) is 29.0 Å². The van der Waals surface area contributed by atoms with Crippen molar-refractivity contribution < 1.29 is 63.7 Å². The van der Waals surface area contributed by atoms with Gasteiger partial charge in [-0.05, 0) is 94.4 Å². The maximum atomic E-state index is 11.6. The molecule has 2 heterocycles. The van der Waals surface area contributed by atoms with Crippen molar-refractivity contribution in [3.8, 4) is 0 Å². The van der Waals surface area contributed by atoms with E-state index in [1.165, 1.54) is 19.3 Å². The molecule has 25 heteroatoms. The molecule has 25 nitrogen and oxygen atoms in total. The number of methoxy groups -OCH3 is 4. The number of hydrogen-bond acceptors (Lipinski definition) is 21. The summed E-state index contributed by atoms with van der Waals surface area (Å²) in [5.41, 5.74) is 31.4. The Morgan fingerprint density at radius 3 is 1.33 bits per heavy atom. The molecule has 0 bridgehead atoms. The van der Waals surface area contributed by atoms with E-state index in [1.54, 1.807) is 42.3 Å². The van der Waals surface area contributed by atoms with Gasteiger partial charge in [0.05, 0.1) is 31.7 Å². The van der Waals surface area contributed by atoms with Crippen molar-refractivity contribution in [3.63, 3.8) is 0 Å². The standard InChI is InChI=1S/C16H22N6O2.C13H14N4O.2C5H13NO.C5H10O3.C5H12O2.C4H8O3/c1-10-4-3-5-12(6-10)21-15-13(14(18)23)8-20-16(22-15)19-7-11(17)9-24-2;1-8-4-3-5-10(6-8)17-13-11(12(14)18)7-15-9(2)16-13;2*1-5(3-6)4-7-2;1-4(2-3-6)5(7)8;1-5(3-6)4-7-2;1-3(2-5)4(6)7/h3-6,8,11H,7,9,17H2,1-2H3,(H2,18,23)(H2,19,20,21,22);3-7H,1-2H3,(H2,14,18)(H,15,16,17);2*5H,3-4,6H2,1-2H3;4,6H,2-3H2,1H3,(H,7,8);5-6H,3-4H2,1-2H3;3,5H,2H2,1H3,(H,6,7)/t11-;;2*5-;4-;5-;3-/m1.11010/s1. The van der Waals surface area contributed by atoms with E-state index in [9.17, 15) is 19.2 Å². The predicted molar refractivity (Wildman–Crippen MR) is 304 cm³/mol. The van der Waals surface area contributed by atoms with Gasteiger partial charge in [-0.25, -0.2) is 15.0 Å². The second-order valence-electron chi connectivity index (χ2n) is 18.0. The minimum absolute atomic E-state index is 0.0481. The third-order valence-electron chi connectivity index (χ3n) is 9.84. The Bertz CT molecular complexity index is 2200. The highest BCUT2D eigenvalue weighted by Crippen LogP contribution is 2.21. The monoisotopic (exact) mass is 1100 g/mol. The predicted octanol–water partition coefficient (Wildman–Crippen LogP) is 3.45. The zero-order valence-electron chi connectivity index (χ0n) is 47.7. The van der Waals surface area contributed by atoms with E-state index in [-0.39, 0.29) is 42.9 Å². The number of amides is 2. The fourth-order valence-electron chi connectivity index (χ4n) is 5.14. The van der Waals surface area contributed by atoms with Crippen LogP contribution in [-0.4, -0.2) is 170 Å². The second kappa shape index (κ2) is 46.6. The number of carboxylic acid groups (broad SMARTS) is 2. The Balaban J connectivity index is -0.000000913. The van der Waals surface area contributed by atoms with Crippen LogP contribution in [0.5, 0.6) is 0 Å². The number of anilines is 5. The van der Waals surface area contributed by atoms with Crippen LogP contribution in [0.3, 0.4) is 0 Å². The zero-order valence-corrected chi connectivity index (χ0v) is 47.7. The quantitative estimate of drug-likeness (QED) is 0.0452. The highest BCUT2D eigenvalue weighted by Gasteiger charge is 2.14. The van der Waals surface area contributed by atoms with Gasteiger partial charge in [0.2, 0.25) is 5.95 Å². The normalized spacial score (nSPS) is 12.3. The first-order chi connectivity index (χ1) is 36.8. The molecule has 2 aromatic carbocycles. The molecule has 4 rings (SSSR count). The van der Waals surface area contributed by atoms with Crippen molar-refractivity contribution in [3.05, 3.63) is 89.0 Å². The number of carbonyl (C=O) groups excluding carboxylic acids is 2. The van der Waals surface area contributed by atoms with Crippen molar-refractivity contribution in [2.75, 3.05) is 110 Å². The number of aliphatic carboxylic acids is 2. The molecule has 0 saturated carbocycles. The van der Waals surface area contributed by atoms with Crippen LogP contribution in [0.15, 0.2) is 60.9 Å². The molecule has 4 aromatic rings. The minimum Gasteiger partial charge on any atom is -0.481 e. The van der Waals surface area contributed by atoms with Crippen LogP contribution >= 0.6 is 0 Å². The van der Waals surface area contributed by atoms with Crippen LogP contribution in [0.1, 0.15) is 78.7 Å². The molecule has 0 unspecified atom stereocenters. The van der Waals surface area contributed by atoms with Crippen molar-refractivity contribution in [2.45, 2.75) is 67.9 Å². The van der Waals surface area contributed by atoms with Gasteiger partial charge in [-0.2, -0.15) is 4.98 Å². The number of nitrogens with one attached hydrogen (secondary N) is 3. The first-order valence-corrected chi connectivity index (χ1v) is 25.0. The molecule has 6 atom stereocenters. The molecular weight excluding hydrogens is 1010 g/mol. The Morgan fingerprint density at radius 1 is 0.603 bits per heavy atom. The SMILES string of the molecule is COC[C@H](C)CN.COC[C@H](C)CN.COC[C@H](C)CO.COC[C@H](N)CNc1ncc(C(N)=O)c(Nc2cccc(C)c2)n1.C[C@@H](CCO)C(=O)O.C[C@@H](CO)C(=O)O.Cc1cccc(Nc2nc(C)ncc2C(N)=O)c1. The number of nitrogens with two attached hydrogens (primary N) is 5. The van der Waals surface area contributed by atoms with Crippen molar-refractivity contribution in [1.82, 2.24) is 19.9 Å². The zero-order chi connectivity index (χ0) is 60.2. The Labute approximate surface area is 460 Å². The maximum absolute atomic E-state index is 11.6. The molecule has 0 radical (unpaired) electrons. The minimum atomic E-state index is -0.956. The van der Waals surface area contributed by atoms with E-state index in [0.29, 0.717) is 74.5 Å². The number of nitrogens with zero attached hydrogens (tertiary/aromatic N) is 4. The average Bonchev–Trinajstić information content (AvgIpc) is 3.39. The lowest BCUT2D eigenvalue weighted by atomic mass is 10.1. The highest BCUT2D eigenvalue weighted by atomic mass is 16.5. The summed E-state index contributed by atoms with van der Waals surface area (Å²) in [4.78, 5) is 59.2. The van der Waals surface area contributed by atoms with Gasteiger partial charge in [0.25, 0.3) is 11.8 Å². The van der Waals surface area contributed by atoms with Crippen LogP contribution in [0.25, 0.3) is 0 Å². The number of rotatable bonds is 25. The van der Waals surface area contributed by atoms with Crippen molar-refractivity contribution in [1.29, 1.82) is 0 Å². The number of hydrogen-bond donors (Lipinski definition) is 13.